The van der Waals surface area contributed by atoms with E-state index in [4.69, 9.17) is 9.47 Å². The molecule has 6 rings (SSSR count). The largest absolute Gasteiger partial charge is 0.327 e. The first-order valence-corrected chi connectivity index (χ1v) is 15.7. The van der Waals surface area contributed by atoms with Crippen molar-refractivity contribution in [3.63, 3.8) is 0 Å². The lowest BCUT2D eigenvalue weighted by atomic mass is 9.74. The van der Waals surface area contributed by atoms with E-state index in [1.54, 1.807) is 21.6 Å². The number of ether oxygens (including phenoxy) is 2. The highest BCUT2D eigenvalue weighted by atomic mass is 33.1. The van der Waals surface area contributed by atoms with Gasteiger partial charge in [0.1, 0.15) is 0 Å². The summed E-state index contributed by atoms with van der Waals surface area (Å²) in [6, 6.07) is 42.7. The van der Waals surface area contributed by atoms with Gasteiger partial charge < -0.3 is 9.47 Å². The first kappa shape index (κ1) is 25.6. The Balaban J connectivity index is 1.69. The number of benzene rings is 4. The first-order valence-electron chi connectivity index (χ1n) is 12.4. The highest BCUT2D eigenvalue weighted by Crippen LogP contribution is 2.84. The van der Waals surface area contributed by atoms with E-state index in [0.29, 0.717) is 0 Å². The highest BCUT2D eigenvalue weighted by molar-refractivity contribution is 8.80. The van der Waals surface area contributed by atoms with Crippen LogP contribution in [0, 0.1) is 0 Å². The summed E-state index contributed by atoms with van der Waals surface area (Å²) in [5.41, 5.74) is 4.66. The third-order valence-corrected chi connectivity index (χ3v) is 13.7. The Kier molecular flexibility index (Phi) is 6.39. The molecule has 0 aliphatic carbocycles. The normalized spacial score (nSPS) is 24.8. The second kappa shape index (κ2) is 9.23. The molecule has 2 nitrogen and oxygen atoms in total. The predicted molar refractivity (Wildman–Crippen MR) is 164 cm³/mol. The standard InChI is InChI=1S/C31H30O2P2S2/c1-27(2)32-30(28(34,23-15-7-3-8-16-23)24-17-9-4-10-18-24)31(33-27,37-36-30)29(35,25-19-11-5-12-20-25)26-21-13-6-14-22-26/h3-22H,34-35H2,1-2H3. The van der Waals surface area contributed by atoms with Gasteiger partial charge in [-0.1, -0.05) is 121 Å². The van der Waals surface area contributed by atoms with Crippen molar-refractivity contribution in [1.82, 2.24) is 0 Å². The third-order valence-electron chi connectivity index (χ3n) is 7.44. The van der Waals surface area contributed by atoms with Crippen molar-refractivity contribution in [2.45, 2.75) is 39.8 Å². The van der Waals surface area contributed by atoms with E-state index >= 15 is 0 Å². The molecule has 4 aromatic rings. The van der Waals surface area contributed by atoms with Gasteiger partial charge >= 0.3 is 0 Å². The van der Waals surface area contributed by atoms with Gasteiger partial charge in [0.2, 0.25) is 0 Å². The lowest BCUT2D eigenvalue weighted by molar-refractivity contribution is -0.156. The highest BCUT2D eigenvalue weighted by Gasteiger charge is 2.84. The van der Waals surface area contributed by atoms with Gasteiger partial charge in [0.05, 0.1) is 10.3 Å². The van der Waals surface area contributed by atoms with Crippen LogP contribution in [0.2, 0.25) is 0 Å². The van der Waals surface area contributed by atoms with Crippen LogP contribution in [0.5, 0.6) is 0 Å². The summed E-state index contributed by atoms with van der Waals surface area (Å²) < 4.78 is 14.4. The SMILES string of the molecule is CC1(C)OC2(C(P)(c3ccccc3)c3ccccc3)SSC2(C(P)(c2ccccc2)c2ccccc2)O1. The average Bonchev–Trinajstić information content (AvgIpc) is 3.12. The molecule has 4 unspecified atom stereocenters. The van der Waals surface area contributed by atoms with Crippen LogP contribution in [0.25, 0.3) is 0 Å². The monoisotopic (exact) mass is 560 g/mol. The summed E-state index contributed by atoms with van der Waals surface area (Å²) in [6.45, 7) is 4.08. The minimum absolute atomic E-state index is 0.607. The maximum atomic E-state index is 7.19. The Morgan fingerprint density at radius 2 is 0.730 bits per heavy atom. The molecule has 0 amide bonds. The third kappa shape index (κ3) is 3.57. The number of hydrogen-bond acceptors (Lipinski definition) is 4. The van der Waals surface area contributed by atoms with E-state index in [1.807, 2.05) is 13.8 Å². The molecule has 0 spiro atoms. The Bertz CT molecular complexity index is 1200. The van der Waals surface area contributed by atoms with Crippen molar-refractivity contribution in [3.8, 4) is 0 Å². The zero-order valence-corrected chi connectivity index (χ0v) is 24.8. The minimum Gasteiger partial charge on any atom is -0.327 e. The molecule has 0 radical (unpaired) electrons. The molecule has 37 heavy (non-hydrogen) atoms. The van der Waals surface area contributed by atoms with Gasteiger partial charge in [-0.05, 0) is 57.7 Å². The van der Waals surface area contributed by atoms with Crippen molar-refractivity contribution >= 4 is 40.1 Å². The van der Waals surface area contributed by atoms with Crippen LogP contribution in [0.1, 0.15) is 36.1 Å². The second-order valence-corrected chi connectivity index (χ2v) is 14.3. The van der Waals surface area contributed by atoms with Gasteiger partial charge in [-0.3, -0.25) is 0 Å². The Morgan fingerprint density at radius 3 is 0.946 bits per heavy atom. The molecule has 2 fully saturated rings. The molecule has 6 heteroatoms. The van der Waals surface area contributed by atoms with E-state index in [2.05, 4.69) is 140 Å². The topological polar surface area (TPSA) is 18.5 Å². The van der Waals surface area contributed by atoms with Crippen molar-refractivity contribution in [1.29, 1.82) is 0 Å². The molecular formula is C31H30O2P2S2. The minimum atomic E-state index is -0.812. The quantitative estimate of drug-likeness (QED) is 0.175. The molecule has 0 bridgehead atoms. The fourth-order valence-electron chi connectivity index (χ4n) is 5.78. The maximum absolute atomic E-state index is 7.19. The van der Waals surface area contributed by atoms with Crippen LogP contribution in [-0.2, 0) is 19.8 Å². The van der Waals surface area contributed by atoms with Gasteiger partial charge in [0.25, 0.3) is 0 Å². The lowest BCUT2D eigenvalue weighted by Gasteiger charge is -2.63. The van der Waals surface area contributed by atoms with Gasteiger partial charge in [0, 0.05) is 0 Å². The summed E-state index contributed by atoms with van der Waals surface area (Å²) in [5, 5.41) is -1.21. The molecule has 0 N–H and O–H groups in total. The summed E-state index contributed by atoms with van der Waals surface area (Å²) >= 11 is 0. The smallest absolute Gasteiger partial charge is 0.184 e. The van der Waals surface area contributed by atoms with Crippen molar-refractivity contribution in [2.75, 3.05) is 0 Å². The van der Waals surface area contributed by atoms with Crippen LogP contribution >= 0.6 is 40.1 Å². The van der Waals surface area contributed by atoms with E-state index in [1.165, 1.54) is 0 Å². The number of rotatable bonds is 6. The fraction of sp³-hybridized carbons (Fsp3) is 0.226. The molecule has 4 atom stereocenters. The van der Waals surface area contributed by atoms with Crippen LogP contribution in [0.15, 0.2) is 121 Å². The van der Waals surface area contributed by atoms with Crippen LogP contribution in [-0.4, -0.2) is 15.7 Å². The fourth-order valence-corrected chi connectivity index (χ4v) is 12.3. The Morgan fingerprint density at radius 1 is 0.486 bits per heavy atom. The Hall–Kier alpha value is -1.64. The summed E-state index contributed by atoms with van der Waals surface area (Å²) in [6.07, 6.45) is 0. The summed E-state index contributed by atoms with van der Waals surface area (Å²) in [4.78, 5) is -1.57. The number of hydrogen-bond donors (Lipinski definition) is 0. The maximum Gasteiger partial charge on any atom is 0.184 e. The summed E-state index contributed by atoms with van der Waals surface area (Å²) in [5.74, 6) is -0.812. The van der Waals surface area contributed by atoms with Crippen molar-refractivity contribution in [2.24, 2.45) is 0 Å². The van der Waals surface area contributed by atoms with E-state index in [9.17, 15) is 0 Å². The van der Waals surface area contributed by atoms with E-state index < -0.39 is 26.0 Å². The molecule has 0 aromatic heterocycles. The molecule has 4 aromatic carbocycles. The zero-order chi connectivity index (χ0) is 25.8. The van der Waals surface area contributed by atoms with E-state index in [0.717, 1.165) is 22.3 Å². The zero-order valence-electron chi connectivity index (χ0n) is 20.8. The number of fused-ring (bicyclic) bond motifs is 1. The molecule has 188 valence electrons. The average molecular weight is 561 g/mol. The molecule has 2 aliphatic heterocycles. The predicted octanol–water partition coefficient (Wildman–Crippen LogP) is 8.19. The lowest BCUT2D eigenvalue weighted by Crippen LogP contribution is -2.70. The molecular weight excluding hydrogens is 530 g/mol. The van der Waals surface area contributed by atoms with Gasteiger partial charge in [0.15, 0.2) is 15.7 Å². The first-order chi connectivity index (χ1) is 17.8. The van der Waals surface area contributed by atoms with Gasteiger partial charge in [-0.2, -0.15) is 0 Å². The summed E-state index contributed by atoms with van der Waals surface area (Å²) in [7, 11) is 10.00. The molecule has 0 saturated carbocycles. The van der Waals surface area contributed by atoms with Gasteiger partial charge in [-0.15, -0.1) is 18.5 Å². The van der Waals surface area contributed by atoms with Crippen molar-refractivity contribution < 1.29 is 9.47 Å². The van der Waals surface area contributed by atoms with Crippen LogP contribution in [0.3, 0.4) is 0 Å². The molecule has 2 aliphatic rings. The van der Waals surface area contributed by atoms with Gasteiger partial charge in [-0.25, -0.2) is 0 Å². The second-order valence-electron chi connectivity index (χ2n) is 10.1. The molecule has 2 heterocycles. The Labute approximate surface area is 232 Å². The van der Waals surface area contributed by atoms with E-state index in [-0.39, 0.29) is 0 Å². The molecule has 2 saturated heterocycles. The van der Waals surface area contributed by atoms with Crippen LogP contribution < -0.4 is 0 Å². The van der Waals surface area contributed by atoms with Crippen LogP contribution in [0.4, 0.5) is 0 Å². The van der Waals surface area contributed by atoms with Crippen molar-refractivity contribution in [3.05, 3.63) is 144 Å².